The molecule has 6 nitrogen and oxygen atoms in total. The largest absolute Gasteiger partial charge is 0.497 e. The molecule has 2 aliphatic heterocycles. The molecule has 0 saturated carbocycles. The topological polar surface area (TPSA) is 68.2 Å². The van der Waals surface area contributed by atoms with Gasteiger partial charge < -0.3 is 19.3 Å². The lowest BCUT2D eigenvalue weighted by atomic mass is 9.91. The Morgan fingerprint density at radius 3 is 2.41 bits per heavy atom. The molecule has 142 valence electrons. The first-order valence-corrected chi connectivity index (χ1v) is 9.16. The van der Waals surface area contributed by atoms with E-state index in [2.05, 4.69) is 23.1 Å². The summed E-state index contributed by atoms with van der Waals surface area (Å²) in [5.41, 5.74) is 2.25. The molecule has 0 aliphatic carbocycles. The molecular formula is C21H23NO5. The molecule has 2 heterocycles. The number of methoxy groups -OCH3 is 1. The fourth-order valence-electron chi connectivity index (χ4n) is 3.89. The maximum atomic E-state index is 11.3. The molecule has 1 saturated heterocycles. The van der Waals surface area contributed by atoms with Crippen molar-refractivity contribution in [1.82, 2.24) is 4.90 Å². The van der Waals surface area contributed by atoms with Crippen LogP contribution in [0.25, 0.3) is 0 Å². The first-order valence-electron chi connectivity index (χ1n) is 9.16. The molecule has 0 radical (unpaired) electrons. The van der Waals surface area contributed by atoms with E-state index in [1.54, 1.807) is 7.11 Å². The molecular weight excluding hydrogens is 346 g/mol. The number of hydrogen-bond donors (Lipinski definition) is 1. The van der Waals surface area contributed by atoms with Crippen molar-refractivity contribution < 1.29 is 24.1 Å². The Kier molecular flexibility index (Phi) is 4.90. The first kappa shape index (κ1) is 17.7. The van der Waals surface area contributed by atoms with Gasteiger partial charge >= 0.3 is 5.97 Å². The summed E-state index contributed by atoms with van der Waals surface area (Å²) < 4.78 is 16.3. The van der Waals surface area contributed by atoms with E-state index in [9.17, 15) is 9.90 Å². The number of ether oxygens (including phenoxy) is 3. The van der Waals surface area contributed by atoms with Gasteiger partial charge in [0.25, 0.3) is 0 Å². The molecule has 2 aromatic carbocycles. The van der Waals surface area contributed by atoms with Crippen LogP contribution in [-0.2, 0) is 4.79 Å². The van der Waals surface area contributed by atoms with Gasteiger partial charge in [-0.1, -0.05) is 18.2 Å². The number of carboxylic acids is 1. The molecule has 1 atom stereocenters. The van der Waals surface area contributed by atoms with E-state index in [4.69, 9.17) is 14.2 Å². The highest BCUT2D eigenvalue weighted by Gasteiger charge is 2.31. The van der Waals surface area contributed by atoms with Crippen LogP contribution >= 0.6 is 0 Å². The van der Waals surface area contributed by atoms with Gasteiger partial charge in [0, 0.05) is 0 Å². The van der Waals surface area contributed by atoms with E-state index < -0.39 is 5.97 Å². The molecule has 1 unspecified atom stereocenters. The zero-order valence-corrected chi connectivity index (χ0v) is 15.3. The maximum absolute atomic E-state index is 11.3. The molecule has 4 rings (SSSR count). The summed E-state index contributed by atoms with van der Waals surface area (Å²) in [6.45, 7) is 1.72. The van der Waals surface area contributed by atoms with Crippen molar-refractivity contribution in [3.05, 3.63) is 53.6 Å². The summed E-state index contributed by atoms with van der Waals surface area (Å²) in [4.78, 5) is 13.7. The van der Waals surface area contributed by atoms with Gasteiger partial charge in [-0.05, 0) is 61.3 Å². The van der Waals surface area contributed by atoms with Gasteiger partial charge in [-0.3, -0.25) is 9.69 Å². The van der Waals surface area contributed by atoms with E-state index in [-0.39, 0.29) is 18.8 Å². The molecule has 27 heavy (non-hydrogen) atoms. The highest BCUT2D eigenvalue weighted by atomic mass is 16.7. The predicted octanol–water partition coefficient (Wildman–Crippen LogP) is 3.31. The summed E-state index contributed by atoms with van der Waals surface area (Å²) in [7, 11) is 1.65. The van der Waals surface area contributed by atoms with Crippen molar-refractivity contribution in [3.63, 3.8) is 0 Å². The van der Waals surface area contributed by atoms with Gasteiger partial charge in [0.15, 0.2) is 11.5 Å². The fraction of sp³-hybridized carbons (Fsp3) is 0.381. The second-order valence-corrected chi connectivity index (χ2v) is 6.94. The van der Waals surface area contributed by atoms with Crippen LogP contribution in [0.3, 0.4) is 0 Å². The number of carbonyl (C=O) groups is 1. The van der Waals surface area contributed by atoms with E-state index >= 15 is 0 Å². The summed E-state index contributed by atoms with van der Waals surface area (Å²) in [6, 6.07) is 14.1. The van der Waals surface area contributed by atoms with Crippen molar-refractivity contribution in [2.24, 2.45) is 5.92 Å². The van der Waals surface area contributed by atoms with Crippen LogP contribution in [0.2, 0.25) is 0 Å². The molecule has 1 fully saturated rings. The van der Waals surface area contributed by atoms with Crippen molar-refractivity contribution in [3.8, 4) is 17.2 Å². The molecule has 6 heteroatoms. The Morgan fingerprint density at radius 1 is 1.07 bits per heavy atom. The van der Waals surface area contributed by atoms with Crippen molar-refractivity contribution in [2.75, 3.05) is 27.0 Å². The number of aliphatic carboxylic acids is 1. The molecule has 0 amide bonds. The summed E-state index contributed by atoms with van der Waals surface area (Å²) in [5.74, 6) is 1.38. The minimum atomic E-state index is -0.696. The number of rotatable bonds is 5. The molecule has 0 spiro atoms. The van der Waals surface area contributed by atoms with Gasteiger partial charge in [-0.2, -0.15) is 0 Å². The fourth-order valence-corrected chi connectivity index (χ4v) is 3.89. The number of fused-ring (bicyclic) bond motifs is 1. The average molecular weight is 369 g/mol. The third-order valence-corrected chi connectivity index (χ3v) is 5.39. The SMILES string of the molecule is COc1ccc(C(c2ccc3c(c2)OCO3)N2CCC(C(=O)O)CC2)cc1. The van der Waals surface area contributed by atoms with E-state index in [0.29, 0.717) is 12.8 Å². The Balaban J connectivity index is 1.66. The molecule has 2 aliphatic rings. The van der Waals surface area contributed by atoms with E-state index in [0.717, 1.165) is 41.5 Å². The average Bonchev–Trinajstić information content (AvgIpc) is 3.17. The minimum Gasteiger partial charge on any atom is -0.497 e. The van der Waals surface area contributed by atoms with Crippen LogP contribution in [0.1, 0.15) is 30.0 Å². The highest BCUT2D eigenvalue weighted by Crippen LogP contribution is 2.39. The van der Waals surface area contributed by atoms with Crippen LogP contribution in [-0.4, -0.2) is 43.0 Å². The second-order valence-electron chi connectivity index (χ2n) is 6.94. The minimum absolute atomic E-state index is 0.0279. The standard InChI is InChI=1S/C21H23NO5/c1-25-17-5-2-14(3-6-17)20(22-10-8-15(9-11-22)21(23)24)16-4-7-18-19(12-16)27-13-26-18/h2-7,12,15,20H,8-11,13H2,1H3,(H,23,24). The smallest absolute Gasteiger partial charge is 0.306 e. The van der Waals surface area contributed by atoms with Crippen LogP contribution in [0.4, 0.5) is 0 Å². The Morgan fingerprint density at radius 2 is 1.74 bits per heavy atom. The summed E-state index contributed by atoms with van der Waals surface area (Å²) in [6.07, 6.45) is 1.32. The second kappa shape index (κ2) is 7.48. The number of benzene rings is 2. The van der Waals surface area contributed by atoms with Gasteiger partial charge in [0.1, 0.15) is 5.75 Å². The lowest BCUT2D eigenvalue weighted by Crippen LogP contribution is -2.39. The lowest BCUT2D eigenvalue weighted by Gasteiger charge is -2.37. The monoisotopic (exact) mass is 369 g/mol. The lowest BCUT2D eigenvalue weighted by molar-refractivity contribution is -0.143. The molecule has 0 aromatic heterocycles. The number of likely N-dealkylation sites (tertiary alicyclic amines) is 1. The van der Waals surface area contributed by atoms with E-state index in [1.807, 2.05) is 24.3 Å². The Bertz CT molecular complexity index is 812. The Hall–Kier alpha value is -2.73. The summed E-state index contributed by atoms with van der Waals surface area (Å²) >= 11 is 0. The highest BCUT2D eigenvalue weighted by molar-refractivity contribution is 5.70. The number of nitrogens with zero attached hydrogens (tertiary/aromatic N) is 1. The molecule has 1 N–H and O–H groups in total. The van der Waals surface area contributed by atoms with E-state index in [1.165, 1.54) is 0 Å². The first-order chi connectivity index (χ1) is 13.2. The van der Waals surface area contributed by atoms with Crippen LogP contribution in [0.5, 0.6) is 17.2 Å². The van der Waals surface area contributed by atoms with Gasteiger partial charge in [-0.15, -0.1) is 0 Å². The third kappa shape index (κ3) is 3.57. The maximum Gasteiger partial charge on any atom is 0.306 e. The van der Waals surface area contributed by atoms with Crippen molar-refractivity contribution >= 4 is 5.97 Å². The molecule has 0 bridgehead atoms. The number of carboxylic acid groups (broad SMARTS) is 1. The van der Waals surface area contributed by atoms with Gasteiger partial charge in [-0.25, -0.2) is 0 Å². The summed E-state index contributed by atoms with van der Waals surface area (Å²) in [5, 5.41) is 9.30. The molecule has 2 aromatic rings. The quantitative estimate of drug-likeness (QED) is 0.872. The van der Waals surface area contributed by atoms with Crippen molar-refractivity contribution in [2.45, 2.75) is 18.9 Å². The van der Waals surface area contributed by atoms with Gasteiger partial charge in [0.05, 0.1) is 19.1 Å². The van der Waals surface area contributed by atoms with Crippen LogP contribution in [0, 0.1) is 5.92 Å². The zero-order chi connectivity index (χ0) is 18.8. The van der Waals surface area contributed by atoms with Crippen molar-refractivity contribution in [1.29, 1.82) is 0 Å². The predicted molar refractivity (Wildman–Crippen MR) is 99.3 cm³/mol. The normalized spacial score (nSPS) is 18.3. The number of hydrogen-bond acceptors (Lipinski definition) is 5. The Labute approximate surface area is 158 Å². The van der Waals surface area contributed by atoms with Gasteiger partial charge in [0.2, 0.25) is 6.79 Å². The van der Waals surface area contributed by atoms with Crippen LogP contribution in [0.15, 0.2) is 42.5 Å². The van der Waals surface area contributed by atoms with Crippen LogP contribution < -0.4 is 14.2 Å². The third-order valence-electron chi connectivity index (χ3n) is 5.39. The number of piperidine rings is 1. The zero-order valence-electron chi connectivity index (χ0n) is 15.3.